The van der Waals surface area contributed by atoms with E-state index in [-0.39, 0.29) is 29.3 Å². The van der Waals surface area contributed by atoms with Crippen molar-refractivity contribution in [3.05, 3.63) is 60.7 Å². The molecule has 0 aromatic heterocycles. The Labute approximate surface area is 137 Å². The molecule has 0 aliphatic heterocycles. The minimum Gasteiger partial charge on any atom is -0.504 e. The lowest BCUT2D eigenvalue weighted by atomic mass is 9.75. The van der Waals surface area contributed by atoms with Gasteiger partial charge in [-0.1, -0.05) is 30.4 Å². The van der Waals surface area contributed by atoms with Crippen molar-refractivity contribution in [2.75, 3.05) is 7.11 Å². The number of fused-ring (bicyclic) bond motifs is 1. The van der Waals surface area contributed by atoms with E-state index < -0.39 is 0 Å². The third-order valence-electron chi connectivity index (χ3n) is 5.19. The lowest BCUT2D eigenvalue weighted by molar-refractivity contribution is -0.120. The molecule has 2 aliphatic rings. The first-order chi connectivity index (χ1) is 11.0. The zero-order valence-corrected chi connectivity index (χ0v) is 13.4. The van der Waals surface area contributed by atoms with Crippen molar-refractivity contribution in [1.82, 2.24) is 0 Å². The Hall–Kier alpha value is -2.29. The van der Waals surface area contributed by atoms with Crippen LogP contribution in [0.3, 0.4) is 0 Å². The molecule has 1 aromatic carbocycles. The topological polar surface area (TPSA) is 46.5 Å². The van der Waals surface area contributed by atoms with E-state index in [1.165, 1.54) is 7.11 Å². The molecule has 4 atom stereocenters. The number of ketones is 1. The van der Waals surface area contributed by atoms with Crippen LogP contribution >= 0.6 is 0 Å². The summed E-state index contributed by atoms with van der Waals surface area (Å²) in [5.74, 6) is 1.46. The van der Waals surface area contributed by atoms with Gasteiger partial charge in [-0.3, -0.25) is 4.79 Å². The first-order valence-electron chi connectivity index (χ1n) is 7.94. The van der Waals surface area contributed by atoms with Gasteiger partial charge in [0.15, 0.2) is 17.3 Å². The number of aromatic hydroxyl groups is 1. The van der Waals surface area contributed by atoms with Crippen LogP contribution in [0.2, 0.25) is 0 Å². The Morgan fingerprint density at radius 3 is 2.78 bits per heavy atom. The van der Waals surface area contributed by atoms with Crippen molar-refractivity contribution in [2.45, 2.75) is 12.8 Å². The van der Waals surface area contributed by atoms with Crippen LogP contribution < -0.4 is 4.74 Å². The number of allylic oxidation sites excluding steroid dienone is 4. The van der Waals surface area contributed by atoms with Gasteiger partial charge in [-0.25, -0.2) is 0 Å². The fourth-order valence-electron chi connectivity index (χ4n) is 4.15. The molecule has 0 spiro atoms. The van der Waals surface area contributed by atoms with E-state index in [2.05, 4.69) is 13.2 Å². The van der Waals surface area contributed by atoms with Crippen LogP contribution in [0.15, 0.2) is 55.2 Å². The van der Waals surface area contributed by atoms with E-state index in [0.29, 0.717) is 11.7 Å². The van der Waals surface area contributed by atoms with Crippen LogP contribution in [-0.4, -0.2) is 18.0 Å². The Morgan fingerprint density at radius 1 is 1.35 bits per heavy atom. The summed E-state index contributed by atoms with van der Waals surface area (Å²) >= 11 is 0. The summed E-state index contributed by atoms with van der Waals surface area (Å²) in [6, 6.07) is 5.45. The number of carbonyl (C=O) groups excluding carboxylic acids is 1. The lowest BCUT2D eigenvalue weighted by Gasteiger charge is -2.28. The molecule has 2 aliphatic carbocycles. The summed E-state index contributed by atoms with van der Waals surface area (Å²) in [7, 11) is 1.53. The van der Waals surface area contributed by atoms with E-state index >= 15 is 0 Å². The number of carbonyl (C=O) groups is 1. The van der Waals surface area contributed by atoms with Gasteiger partial charge in [-0.2, -0.15) is 0 Å². The largest absolute Gasteiger partial charge is 0.504 e. The molecule has 1 fully saturated rings. The molecule has 0 heterocycles. The average molecular weight is 310 g/mol. The van der Waals surface area contributed by atoms with Crippen molar-refractivity contribution in [1.29, 1.82) is 0 Å². The molecule has 23 heavy (non-hydrogen) atoms. The maximum absolute atomic E-state index is 12.4. The second-order valence-corrected chi connectivity index (χ2v) is 6.47. The molecular formula is C20H22O3. The fourth-order valence-corrected chi connectivity index (χ4v) is 4.15. The van der Waals surface area contributed by atoms with E-state index in [0.717, 1.165) is 24.0 Å². The zero-order valence-electron chi connectivity index (χ0n) is 13.4. The summed E-state index contributed by atoms with van der Waals surface area (Å²) in [5, 5.41) is 9.96. The van der Waals surface area contributed by atoms with Crippen LogP contribution in [0, 0.1) is 23.7 Å². The number of ether oxygens (including phenoxy) is 1. The van der Waals surface area contributed by atoms with Gasteiger partial charge in [0.2, 0.25) is 0 Å². The maximum atomic E-state index is 12.4. The summed E-state index contributed by atoms with van der Waals surface area (Å²) in [6.45, 7) is 8.06. The summed E-state index contributed by atoms with van der Waals surface area (Å²) in [5.41, 5.74) is 2.05. The second kappa shape index (κ2) is 6.07. The zero-order chi connectivity index (χ0) is 16.6. The molecule has 0 saturated heterocycles. The third-order valence-corrected chi connectivity index (χ3v) is 5.19. The van der Waals surface area contributed by atoms with Gasteiger partial charge in [0.1, 0.15) is 0 Å². The standard InChI is InChI=1S/C20H22O3/c1-4-14-11-15(20-16(21)7-5-12(2)19(14)20)9-13-6-8-18(23-3)17(22)10-13/h4-8,10,14-15,19-20,22H,1-2,9,11H2,3H3/t14-,15+,19+,20-/m1/s1. The molecular weight excluding hydrogens is 288 g/mol. The molecule has 0 bridgehead atoms. The first kappa shape index (κ1) is 15.6. The van der Waals surface area contributed by atoms with Gasteiger partial charge in [-0.15, -0.1) is 6.58 Å². The number of benzene rings is 1. The summed E-state index contributed by atoms with van der Waals surface area (Å²) < 4.78 is 5.08. The van der Waals surface area contributed by atoms with E-state index in [9.17, 15) is 9.90 Å². The molecule has 120 valence electrons. The van der Waals surface area contributed by atoms with Crippen molar-refractivity contribution in [2.24, 2.45) is 23.7 Å². The van der Waals surface area contributed by atoms with Crippen molar-refractivity contribution in [3.8, 4) is 11.5 Å². The van der Waals surface area contributed by atoms with Crippen LogP contribution in [0.5, 0.6) is 11.5 Å². The maximum Gasteiger partial charge on any atom is 0.160 e. The van der Waals surface area contributed by atoms with E-state index in [1.807, 2.05) is 18.2 Å². The van der Waals surface area contributed by atoms with Gasteiger partial charge in [-0.05, 0) is 54.4 Å². The van der Waals surface area contributed by atoms with E-state index in [4.69, 9.17) is 4.74 Å². The number of hydrogen-bond acceptors (Lipinski definition) is 3. The van der Waals surface area contributed by atoms with E-state index in [1.54, 1.807) is 18.2 Å². The number of phenolic OH excluding ortho intramolecular Hbond substituents is 1. The minimum absolute atomic E-state index is 0.0280. The van der Waals surface area contributed by atoms with Crippen LogP contribution in [0.4, 0.5) is 0 Å². The molecule has 1 saturated carbocycles. The van der Waals surface area contributed by atoms with Gasteiger partial charge >= 0.3 is 0 Å². The van der Waals surface area contributed by atoms with Gasteiger partial charge in [0.25, 0.3) is 0 Å². The van der Waals surface area contributed by atoms with Gasteiger partial charge in [0, 0.05) is 5.92 Å². The average Bonchev–Trinajstić information content (AvgIpc) is 2.91. The predicted octanol–water partition coefficient (Wildman–Crippen LogP) is 3.69. The second-order valence-electron chi connectivity index (χ2n) is 6.47. The van der Waals surface area contributed by atoms with Crippen molar-refractivity contribution in [3.63, 3.8) is 0 Å². The number of rotatable bonds is 4. The molecule has 3 nitrogen and oxygen atoms in total. The predicted molar refractivity (Wildman–Crippen MR) is 90.4 cm³/mol. The number of methoxy groups -OCH3 is 1. The first-order valence-corrected chi connectivity index (χ1v) is 7.94. The van der Waals surface area contributed by atoms with Gasteiger partial charge < -0.3 is 9.84 Å². The third kappa shape index (κ3) is 2.72. The Balaban J connectivity index is 1.86. The van der Waals surface area contributed by atoms with Crippen LogP contribution in [0.1, 0.15) is 12.0 Å². The number of phenols is 1. The molecule has 0 amide bonds. The molecule has 1 aromatic rings. The van der Waals surface area contributed by atoms with Crippen molar-refractivity contribution >= 4 is 5.78 Å². The molecule has 0 radical (unpaired) electrons. The lowest BCUT2D eigenvalue weighted by Crippen LogP contribution is -2.29. The molecule has 0 unspecified atom stereocenters. The quantitative estimate of drug-likeness (QED) is 0.863. The summed E-state index contributed by atoms with van der Waals surface area (Å²) in [6.07, 6.45) is 7.16. The van der Waals surface area contributed by atoms with Gasteiger partial charge in [0.05, 0.1) is 7.11 Å². The highest BCUT2D eigenvalue weighted by Crippen LogP contribution is 2.49. The monoisotopic (exact) mass is 310 g/mol. The normalized spacial score (nSPS) is 29.4. The fraction of sp³-hybridized carbons (Fsp3) is 0.350. The van der Waals surface area contributed by atoms with Crippen LogP contribution in [-0.2, 0) is 11.2 Å². The Morgan fingerprint density at radius 2 is 2.13 bits per heavy atom. The molecule has 3 rings (SSSR count). The highest BCUT2D eigenvalue weighted by molar-refractivity contribution is 5.94. The highest BCUT2D eigenvalue weighted by atomic mass is 16.5. The molecule has 3 heteroatoms. The minimum atomic E-state index is -0.0280. The Bertz CT molecular complexity index is 686. The number of hydrogen-bond donors (Lipinski definition) is 1. The SMILES string of the molecule is C=C[C@@H]1C[C@H](Cc2ccc(OC)c(O)c2)[C@@H]2C(=O)C=CC(=C)[C@H]21. The summed E-state index contributed by atoms with van der Waals surface area (Å²) in [4.78, 5) is 12.4. The van der Waals surface area contributed by atoms with Crippen molar-refractivity contribution < 1.29 is 14.6 Å². The Kier molecular flexibility index (Phi) is 4.12. The highest BCUT2D eigenvalue weighted by Gasteiger charge is 2.46. The smallest absolute Gasteiger partial charge is 0.160 e. The molecule has 1 N–H and O–H groups in total. The van der Waals surface area contributed by atoms with Crippen LogP contribution in [0.25, 0.3) is 0 Å².